The van der Waals surface area contributed by atoms with Crippen molar-refractivity contribution in [2.75, 3.05) is 0 Å². The summed E-state index contributed by atoms with van der Waals surface area (Å²) in [7, 11) is 0. The van der Waals surface area contributed by atoms with Gasteiger partial charge in [-0.2, -0.15) is 0 Å². The quantitative estimate of drug-likeness (QED) is 0.885. The summed E-state index contributed by atoms with van der Waals surface area (Å²) in [6.45, 7) is 0.503. The fourth-order valence-electron chi connectivity index (χ4n) is 2.65. The number of primary amides is 1. The SMILES string of the molecule is NC(=O)c1ccccc1CC(=O)N(Cc1ccccn1)C1CC1. The summed E-state index contributed by atoms with van der Waals surface area (Å²) in [6, 6.07) is 13.0. The van der Waals surface area contributed by atoms with E-state index in [1.807, 2.05) is 29.2 Å². The second kappa shape index (κ2) is 6.60. The molecule has 3 rings (SSSR count). The molecule has 0 aliphatic heterocycles. The molecule has 0 atom stereocenters. The molecular weight excluding hydrogens is 290 g/mol. The van der Waals surface area contributed by atoms with Crippen LogP contribution < -0.4 is 5.73 Å². The Balaban J connectivity index is 1.76. The van der Waals surface area contributed by atoms with Crippen LogP contribution in [0.3, 0.4) is 0 Å². The maximum absolute atomic E-state index is 12.7. The molecule has 1 aliphatic carbocycles. The van der Waals surface area contributed by atoms with Crippen molar-refractivity contribution >= 4 is 11.8 Å². The van der Waals surface area contributed by atoms with Gasteiger partial charge in [0.2, 0.25) is 11.8 Å². The number of nitrogens with zero attached hydrogens (tertiary/aromatic N) is 2. The Labute approximate surface area is 135 Å². The molecule has 1 fully saturated rings. The number of carbonyl (C=O) groups is 2. The zero-order valence-electron chi connectivity index (χ0n) is 12.8. The molecule has 1 aromatic carbocycles. The van der Waals surface area contributed by atoms with E-state index in [0.717, 1.165) is 18.5 Å². The lowest BCUT2D eigenvalue weighted by Crippen LogP contribution is -2.34. The van der Waals surface area contributed by atoms with Gasteiger partial charge in [0, 0.05) is 17.8 Å². The lowest BCUT2D eigenvalue weighted by atomic mass is 10.0. The van der Waals surface area contributed by atoms with Crippen molar-refractivity contribution in [3.63, 3.8) is 0 Å². The third-order valence-electron chi connectivity index (χ3n) is 3.99. The van der Waals surface area contributed by atoms with Gasteiger partial charge < -0.3 is 10.6 Å². The number of hydrogen-bond acceptors (Lipinski definition) is 3. The first kappa shape index (κ1) is 15.2. The number of hydrogen-bond donors (Lipinski definition) is 1. The van der Waals surface area contributed by atoms with Crippen LogP contribution >= 0.6 is 0 Å². The Morgan fingerprint density at radius 2 is 1.87 bits per heavy atom. The van der Waals surface area contributed by atoms with Gasteiger partial charge >= 0.3 is 0 Å². The topological polar surface area (TPSA) is 76.3 Å². The zero-order valence-corrected chi connectivity index (χ0v) is 12.8. The summed E-state index contributed by atoms with van der Waals surface area (Å²) in [5.41, 5.74) is 7.35. The van der Waals surface area contributed by atoms with E-state index in [0.29, 0.717) is 17.7 Å². The lowest BCUT2D eigenvalue weighted by molar-refractivity contribution is -0.131. The van der Waals surface area contributed by atoms with E-state index in [1.165, 1.54) is 0 Å². The van der Waals surface area contributed by atoms with Crippen LogP contribution in [0.1, 0.15) is 34.5 Å². The van der Waals surface area contributed by atoms with Crippen LogP contribution in [-0.2, 0) is 17.8 Å². The van der Waals surface area contributed by atoms with Gasteiger partial charge in [-0.25, -0.2) is 0 Å². The number of amides is 2. The highest BCUT2D eigenvalue weighted by Gasteiger charge is 2.33. The van der Waals surface area contributed by atoms with Gasteiger partial charge in [-0.05, 0) is 36.6 Å². The van der Waals surface area contributed by atoms with Crippen molar-refractivity contribution < 1.29 is 9.59 Å². The maximum Gasteiger partial charge on any atom is 0.248 e. The van der Waals surface area contributed by atoms with Gasteiger partial charge in [-0.1, -0.05) is 24.3 Å². The fraction of sp³-hybridized carbons (Fsp3) is 0.278. The van der Waals surface area contributed by atoms with Gasteiger partial charge in [0.05, 0.1) is 18.7 Å². The largest absolute Gasteiger partial charge is 0.366 e. The molecule has 0 saturated heterocycles. The van der Waals surface area contributed by atoms with Crippen molar-refractivity contribution in [2.45, 2.75) is 31.8 Å². The second-order valence-electron chi connectivity index (χ2n) is 5.77. The Morgan fingerprint density at radius 3 is 2.52 bits per heavy atom. The molecule has 2 amide bonds. The first-order chi connectivity index (χ1) is 11.1. The average molecular weight is 309 g/mol. The van der Waals surface area contributed by atoms with Crippen LogP contribution in [0.4, 0.5) is 0 Å². The maximum atomic E-state index is 12.7. The molecule has 2 aromatic rings. The van der Waals surface area contributed by atoms with Crippen LogP contribution in [0.5, 0.6) is 0 Å². The summed E-state index contributed by atoms with van der Waals surface area (Å²) >= 11 is 0. The average Bonchev–Trinajstić information content (AvgIpc) is 3.38. The highest BCUT2D eigenvalue weighted by Crippen LogP contribution is 2.29. The van der Waals surface area contributed by atoms with Gasteiger partial charge in [0.25, 0.3) is 0 Å². The molecular formula is C18H19N3O2. The molecule has 1 saturated carbocycles. The predicted octanol–water partition coefficient (Wildman–Crippen LogP) is 1.91. The normalized spacial score (nSPS) is 13.6. The smallest absolute Gasteiger partial charge is 0.248 e. The summed E-state index contributed by atoms with van der Waals surface area (Å²) in [4.78, 5) is 30.4. The third-order valence-corrected chi connectivity index (χ3v) is 3.99. The fourth-order valence-corrected chi connectivity index (χ4v) is 2.65. The summed E-state index contributed by atoms with van der Waals surface area (Å²) < 4.78 is 0. The standard InChI is InChI=1S/C18H19N3O2/c19-18(23)16-7-2-1-5-13(16)11-17(22)21(15-8-9-15)12-14-6-3-4-10-20-14/h1-7,10,15H,8-9,11-12H2,(H2,19,23). The first-order valence-electron chi connectivity index (χ1n) is 7.72. The Bertz CT molecular complexity index is 711. The van der Waals surface area contributed by atoms with Crippen LogP contribution in [0.25, 0.3) is 0 Å². The predicted molar refractivity (Wildman–Crippen MR) is 86.5 cm³/mol. The Kier molecular flexibility index (Phi) is 4.37. The third kappa shape index (κ3) is 3.74. The van der Waals surface area contributed by atoms with E-state index >= 15 is 0 Å². The molecule has 0 unspecified atom stereocenters. The van der Waals surface area contributed by atoms with Crippen molar-refractivity contribution in [2.24, 2.45) is 5.73 Å². The summed E-state index contributed by atoms with van der Waals surface area (Å²) in [5, 5.41) is 0. The van der Waals surface area contributed by atoms with Gasteiger partial charge in [-0.3, -0.25) is 14.6 Å². The van der Waals surface area contributed by atoms with Gasteiger partial charge in [0.1, 0.15) is 0 Å². The second-order valence-corrected chi connectivity index (χ2v) is 5.77. The number of benzene rings is 1. The van der Waals surface area contributed by atoms with E-state index in [4.69, 9.17) is 5.73 Å². The van der Waals surface area contributed by atoms with Crippen molar-refractivity contribution in [3.8, 4) is 0 Å². The highest BCUT2D eigenvalue weighted by molar-refractivity contribution is 5.95. The minimum Gasteiger partial charge on any atom is -0.366 e. The number of carbonyl (C=O) groups excluding carboxylic acids is 2. The minimum atomic E-state index is -0.504. The molecule has 1 aromatic heterocycles. The number of nitrogens with two attached hydrogens (primary N) is 1. The number of rotatable bonds is 6. The molecule has 2 N–H and O–H groups in total. The van der Waals surface area contributed by atoms with Crippen LogP contribution in [0.2, 0.25) is 0 Å². The Hall–Kier alpha value is -2.69. The van der Waals surface area contributed by atoms with Crippen molar-refractivity contribution in [1.82, 2.24) is 9.88 Å². The molecule has 0 spiro atoms. The molecule has 1 aliphatic rings. The molecule has 1 heterocycles. The van der Waals surface area contributed by atoms with E-state index in [9.17, 15) is 9.59 Å². The molecule has 0 radical (unpaired) electrons. The zero-order chi connectivity index (χ0) is 16.2. The number of aromatic nitrogens is 1. The monoisotopic (exact) mass is 309 g/mol. The molecule has 118 valence electrons. The first-order valence-corrected chi connectivity index (χ1v) is 7.72. The van der Waals surface area contributed by atoms with Crippen molar-refractivity contribution in [3.05, 3.63) is 65.5 Å². The van der Waals surface area contributed by atoms with Gasteiger partial charge in [0.15, 0.2) is 0 Å². The molecule has 5 heteroatoms. The van der Waals surface area contributed by atoms with Crippen molar-refractivity contribution in [1.29, 1.82) is 0 Å². The van der Waals surface area contributed by atoms with Crippen LogP contribution in [0, 0.1) is 0 Å². The van der Waals surface area contributed by atoms with E-state index in [-0.39, 0.29) is 18.4 Å². The van der Waals surface area contributed by atoms with E-state index < -0.39 is 5.91 Å². The Morgan fingerprint density at radius 1 is 1.13 bits per heavy atom. The highest BCUT2D eigenvalue weighted by atomic mass is 16.2. The molecule has 5 nitrogen and oxygen atoms in total. The summed E-state index contributed by atoms with van der Waals surface area (Å²) in [6.07, 6.45) is 3.96. The lowest BCUT2D eigenvalue weighted by Gasteiger charge is -2.22. The van der Waals surface area contributed by atoms with E-state index in [1.54, 1.807) is 24.4 Å². The summed E-state index contributed by atoms with van der Waals surface area (Å²) in [5.74, 6) is -0.497. The van der Waals surface area contributed by atoms with Gasteiger partial charge in [-0.15, -0.1) is 0 Å². The van der Waals surface area contributed by atoms with Crippen LogP contribution in [-0.4, -0.2) is 27.7 Å². The minimum absolute atomic E-state index is 0.00635. The molecule has 0 bridgehead atoms. The number of pyridine rings is 1. The van der Waals surface area contributed by atoms with E-state index in [2.05, 4.69) is 4.98 Å². The van der Waals surface area contributed by atoms with Crippen LogP contribution in [0.15, 0.2) is 48.7 Å². The molecule has 23 heavy (non-hydrogen) atoms.